The lowest BCUT2D eigenvalue weighted by atomic mass is 10.0. The molecule has 2 N–H and O–H groups in total. The first-order valence-electron chi connectivity index (χ1n) is 7.35. The monoisotopic (exact) mass is 286 g/mol. The quantitative estimate of drug-likeness (QED) is 0.698. The first-order chi connectivity index (χ1) is 9.47. The predicted octanol–water partition coefficient (Wildman–Crippen LogP) is 1.70. The maximum atomic E-state index is 12.3. The van der Waals surface area contributed by atoms with Crippen LogP contribution >= 0.6 is 0 Å². The number of unbranched alkanes of at least 4 members (excludes halogenated alkanes) is 2. The first kappa shape index (κ1) is 16.8. The van der Waals surface area contributed by atoms with E-state index in [4.69, 9.17) is 9.84 Å². The Labute approximate surface area is 120 Å². The average Bonchev–Trinajstić information content (AvgIpc) is 2.82. The van der Waals surface area contributed by atoms with Crippen molar-refractivity contribution in [3.63, 3.8) is 0 Å². The molecule has 1 saturated heterocycles. The van der Waals surface area contributed by atoms with Crippen LogP contribution in [0.15, 0.2) is 0 Å². The summed E-state index contributed by atoms with van der Waals surface area (Å²) in [6.45, 7) is 7.17. The number of hydrogen-bond donors (Lipinski definition) is 2. The summed E-state index contributed by atoms with van der Waals surface area (Å²) in [4.78, 5) is 25.1. The Bertz CT molecular complexity index is 333. The Hall–Kier alpha value is -1.30. The Morgan fingerprint density at radius 2 is 2.05 bits per heavy atom. The summed E-state index contributed by atoms with van der Waals surface area (Å²) in [6.07, 6.45) is 3.15. The van der Waals surface area contributed by atoms with E-state index < -0.39 is 17.9 Å². The van der Waals surface area contributed by atoms with Gasteiger partial charge in [-0.15, -0.1) is 0 Å². The van der Waals surface area contributed by atoms with Crippen LogP contribution in [0.1, 0.15) is 40.0 Å². The largest absolute Gasteiger partial charge is 0.481 e. The van der Waals surface area contributed by atoms with Gasteiger partial charge in [0.1, 0.15) is 5.92 Å². The highest BCUT2D eigenvalue weighted by Crippen LogP contribution is 2.15. The van der Waals surface area contributed by atoms with Gasteiger partial charge in [0.25, 0.3) is 0 Å². The number of carbonyl (C=O) groups is 2. The van der Waals surface area contributed by atoms with E-state index in [1.165, 1.54) is 0 Å². The van der Waals surface area contributed by atoms with Crippen molar-refractivity contribution >= 4 is 12.0 Å². The van der Waals surface area contributed by atoms with Gasteiger partial charge in [0, 0.05) is 12.6 Å². The van der Waals surface area contributed by atoms with Gasteiger partial charge in [-0.25, -0.2) is 4.79 Å². The zero-order valence-corrected chi connectivity index (χ0v) is 12.6. The van der Waals surface area contributed by atoms with Crippen molar-refractivity contribution in [3.8, 4) is 0 Å². The summed E-state index contributed by atoms with van der Waals surface area (Å²) < 4.78 is 5.16. The maximum Gasteiger partial charge on any atom is 0.317 e. The van der Waals surface area contributed by atoms with Crippen LogP contribution in [0.2, 0.25) is 0 Å². The van der Waals surface area contributed by atoms with E-state index in [-0.39, 0.29) is 25.3 Å². The van der Waals surface area contributed by atoms with Crippen molar-refractivity contribution in [2.45, 2.75) is 52.1 Å². The van der Waals surface area contributed by atoms with E-state index in [9.17, 15) is 9.59 Å². The Morgan fingerprint density at radius 1 is 1.35 bits per heavy atom. The van der Waals surface area contributed by atoms with E-state index >= 15 is 0 Å². The molecule has 2 amide bonds. The Kier molecular flexibility index (Phi) is 6.78. The molecule has 6 heteroatoms. The standard InChI is InChI=1S/C14H26N2O4/c1-4-5-6-7-16(10(2)3)14(19)15-12-9-20-8-11(12)13(17)18/h10-12H,4-9H2,1-3H3,(H,15,19)(H,17,18). The number of amides is 2. The third-order valence-corrected chi connectivity index (χ3v) is 3.59. The van der Waals surface area contributed by atoms with Gasteiger partial charge in [0.05, 0.1) is 19.3 Å². The molecule has 2 unspecified atom stereocenters. The third kappa shape index (κ3) is 4.67. The fraction of sp³-hybridized carbons (Fsp3) is 0.857. The number of carboxylic acids is 1. The van der Waals surface area contributed by atoms with E-state index in [0.717, 1.165) is 19.3 Å². The fourth-order valence-corrected chi connectivity index (χ4v) is 2.31. The number of nitrogens with one attached hydrogen (secondary N) is 1. The average molecular weight is 286 g/mol. The number of nitrogens with zero attached hydrogens (tertiary/aromatic N) is 1. The molecule has 0 radical (unpaired) electrons. The van der Waals surface area contributed by atoms with Gasteiger partial charge in [0.2, 0.25) is 0 Å². The van der Waals surface area contributed by atoms with Gasteiger partial charge >= 0.3 is 12.0 Å². The van der Waals surface area contributed by atoms with Gasteiger partial charge in [-0.1, -0.05) is 19.8 Å². The van der Waals surface area contributed by atoms with Crippen LogP contribution in [0.4, 0.5) is 4.79 Å². The number of carbonyl (C=O) groups excluding carboxylic acids is 1. The topological polar surface area (TPSA) is 78.9 Å². The van der Waals surface area contributed by atoms with Crippen LogP contribution in [0, 0.1) is 5.92 Å². The highest BCUT2D eigenvalue weighted by molar-refractivity contribution is 5.77. The molecule has 0 bridgehead atoms. The second-order valence-electron chi connectivity index (χ2n) is 5.53. The zero-order chi connectivity index (χ0) is 15.1. The van der Waals surface area contributed by atoms with Gasteiger partial charge in [-0.2, -0.15) is 0 Å². The van der Waals surface area contributed by atoms with Gasteiger partial charge in [-0.3, -0.25) is 4.79 Å². The lowest BCUT2D eigenvalue weighted by molar-refractivity contribution is -0.142. The molecule has 116 valence electrons. The Morgan fingerprint density at radius 3 is 2.60 bits per heavy atom. The second kappa shape index (κ2) is 8.09. The minimum absolute atomic E-state index is 0.0949. The molecule has 1 aliphatic heterocycles. The number of rotatable bonds is 7. The van der Waals surface area contributed by atoms with Crippen molar-refractivity contribution < 1.29 is 19.4 Å². The SMILES string of the molecule is CCCCCN(C(=O)NC1COCC1C(=O)O)C(C)C. The van der Waals surface area contributed by atoms with Crippen LogP contribution in [-0.4, -0.2) is 53.8 Å². The molecule has 2 atom stereocenters. The zero-order valence-electron chi connectivity index (χ0n) is 12.6. The van der Waals surface area contributed by atoms with E-state index in [1.54, 1.807) is 4.90 Å². The van der Waals surface area contributed by atoms with Crippen LogP contribution in [0.3, 0.4) is 0 Å². The summed E-state index contributed by atoms with van der Waals surface area (Å²) in [5.74, 6) is -1.57. The van der Waals surface area contributed by atoms with E-state index in [1.807, 2.05) is 13.8 Å². The number of aliphatic carboxylic acids is 1. The molecule has 0 saturated carbocycles. The van der Waals surface area contributed by atoms with Crippen molar-refractivity contribution in [2.24, 2.45) is 5.92 Å². The number of ether oxygens (including phenoxy) is 1. The molecule has 6 nitrogen and oxygen atoms in total. The molecule has 0 spiro atoms. The molecule has 1 heterocycles. The number of hydrogen-bond acceptors (Lipinski definition) is 3. The second-order valence-corrected chi connectivity index (χ2v) is 5.53. The minimum atomic E-state index is -0.921. The molecule has 1 rings (SSSR count). The van der Waals surface area contributed by atoms with Gasteiger partial charge < -0.3 is 20.1 Å². The van der Waals surface area contributed by atoms with Crippen LogP contribution in [0.5, 0.6) is 0 Å². The van der Waals surface area contributed by atoms with Crippen molar-refractivity contribution in [2.75, 3.05) is 19.8 Å². The van der Waals surface area contributed by atoms with E-state index in [0.29, 0.717) is 6.54 Å². The molecule has 0 aromatic rings. The number of carboxylic acid groups (broad SMARTS) is 1. The van der Waals surface area contributed by atoms with E-state index in [2.05, 4.69) is 12.2 Å². The summed E-state index contributed by atoms with van der Waals surface area (Å²) in [6, 6.07) is -0.539. The van der Waals surface area contributed by atoms with Gasteiger partial charge in [0.15, 0.2) is 0 Å². The highest BCUT2D eigenvalue weighted by atomic mass is 16.5. The van der Waals surface area contributed by atoms with Crippen LogP contribution < -0.4 is 5.32 Å². The molecule has 0 aliphatic carbocycles. The number of urea groups is 1. The lowest BCUT2D eigenvalue weighted by Gasteiger charge is -2.29. The lowest BCUT2D eigenvalue weighted by Crippen LogP contribution is -2.51. The summed E-state index contributed by atoms with van der Waals surface area (Å²) in [5.41, 5.74) is 0. The Balaban J connectivity index is 2.54. The highest BCUT2D eigenvalue weighted by Gasteiger charge is 2.36. The normalized spacial score (nSPS) is 22.0. The summed E-state index contributed by atoms with van der Waals surface area (Å²) in [5, 5.41) is 11.9. The van der Waals surface area contributed by atoms with Crippen molar-refractivity contribution in [1.82, 2.24) is 10.2 Å². The van der Waals surface area contributed by atoms with Crippen LogP contribution in [-0.2, 0) is 9.53 Å². The van der Waals surface area contributed by atoms with Gasteiger partial charge in [-0.05, 0) is 20.3 Å². The van der Waals surface area contributed by atoms with Crippen molar-refractivity contribution in [3.05, 3.63) is 0 Å². The van der Waals surface area contributed by atoms with Crippen molar-refractivity contribution in [1.29, 1.82) is 0 Å². The fourth-order valence-electron chi connectivity index (χ4n) is 2.31. The smallest absolute Gasteiger partial charge is 0.317 e. The molecule has 1 aliphatic rings. The molecule has 0 aromatic carbocycles. The molecule has 0 aromatic heterocycles. The maximum absolute atomic E-state index is 12.3. The van der Waals surface area contributed by atoms with Crippen LogP contribution in [0.25, 0.3) is 0 Å². The predicted molar refractivity (Wildman–Crippen MR) is 75.6 cm³/mol. The molecule has 1 fully saturated rings. The molecular formula is C14H26N2O4. The summed E-state index contributed by atoms with van der Waals surface area (Å²) in [7, 11) is 0. The minimum Gasteiger partial charge on any atom is -0.481 e. The first-order valence-corrected chi connectivity index (χ1v) is 7.35. The molecular weight excluding hydrogens is 260 g/mol. The third-order valence-electron chi connectivity index (χ3n) is 3.59. The molecule has 20 heavy (non-hydrogen) atoms. The summed E-state index contributed by atoms with van der Waals surface area (Å²) >= 11 is 0.